The fourth-order valence-electron chi connectivity index (χ4n) is 2.13. The fraction of sp³-hybridized carbons (Fsp3) is 0.357. The van der Waals surface area contributed by atoms with Gasteiger partial charge in [-0.25, -0.2) is 0 Å². The van der Waals surface area contributed by atoms with E-state index in [4.69, 9.17) is 0 Å². The molecule has 0 radical (unpaired) electrons. The van der Waals surface area contributed by atoms with E-state index < -0.39 is 5.60 Å². The van der Waals surface area contributed by atoms with E-state index in [9.17, 15) is 15.0 Å². The first-order valence-corrected chi connectivity index (χ1v) is 5.83. The molecule has 2 N–H and O–H groups in total. The predicted molar refractivity (Wildman–Crippen MR) is 70.9 cm³/mol. The van der Waals surface area contributed by atoms with Crippen LogP contribution < -0.4 is 5.56 Å². The van der Waals surface area contributed by atoms with Crippen LogP contribution in [0, 0.1) is 0 Å². The van der Waals surface area contributed by atoms with Gasteiger partial charge in [-0.3, -0.25) is 4.79 Å². The molecule has 0 amide bonds. The zero-order valence-corrected chi connectivity index (χ0v) is 10.8. The molecule has 0 aliphatic rings. The summed E-state index contributed by atoms with van der Waals surface area (Å²) in [6.45, 7) is 3.22. The summed E-state index contributed by atoms with van der Waals surface area (Å²) in [4.78, 5) is 12.2. The lowest BCUT2D eigenvalue weighted by Gasteiger charge is -2.19. The lowest BCUT2D eigenvalue weighted by molar-refractivity contribution is 0.0799. The lowest BCUT2D eigenvalue weighted by atomic mass is 9.97. The minimum atomic E-state index is -1.04. The number of aromatic nitrogens is 1. The first-order chi connectivity index (χ1) is 8.31. The highest BCUT2D eigenvalue weighted by molar-refractivity contribution is 5.86. The van der Waals surface area contributed by atoms with E-state index in [2.05, 4.69) is 0 Å². The van der Waals surface area contributed by atoms with Crippen molar-refractivity contribution in [2.45, 2.75) is 25.9 Å². The van der Waals surface area contributed by atoms with E-state index in [0.717, 1.165) is 0 Å². The van der Waals surface area contributed by atoms with Gasteiger partial charge in [0.15, 0.2) is 0 Å². The molecular formula is C14H17NO3. The van der Waals surface area contributed by atoms with Gasteiger partial charge >= 0.3 is 0 Å². The van der Waals surface area contributed by atoms with Gasteiger partial charge in [-0.15, -0.1) is 0 Å². The molecule has 4 nitrogen and oxygen atoms in total. The number of hydrogen-bond donors (Lipinski definition) is 2. The van der Waals surface area contributed by atoms with Crippen LogP contribution in [0.25, 0.3) is 10.9 Å². The Morgan fingerprint density at radius 1 is 1.28 bits per heavy atom. The molecule has 4 heteroatoms. The van der Waals surface area contributed by atoms with Crippen molar-refractivity contribution in [2.24, 2.45) is 7.05 Å². The van der Waals surface area contributed by atoms with Crippen LogP contribution in [0.3, 0.4) is 0 Å². The monoisotopic (exact) mass is 247 g/mol. The number of aliphatic hydroxyl groups is 1. The molecule has 96 valence electrons. The number of nitrogens with zero attached hydrogens (tertiary/aromatic N) is 1. The summed E-state index contributed by atoms with van der Waals surface area (Å²) in [6, 6.07) is 7.17. The second-order valence-electron chi connectivity index (χ2n) is 5.20. The molecule has 0 aliphatic heterocycles. The molecule has 0 spiro atoms. The smallest absolute Gasteiger partial charge is 0.257 e. The summed E-state index contributed by atoms with van der Waals surface area (Å²) < 4.78 is 1.50. The van der Waals surface area contributed by atoms with Gasteiger partial charge in [-0.1, -0.05) is 12.1 Å². The highest BCUT2D eigenvalue weighted by Gasteiger charge is 2.21. The second kappa shape index (κ2) is 4.14. The molecule has 0 atom stereocenters. The number of aryl methyl sites for hydroxylation is 1. The third kappa shape index (κ3) is 2.11. The van der Waals surface area contributed by atoms with E-state index in [0.29, 0.717) is 10.9 Å². The number of benzene rings is 1. The van der Waals surface area contributed by atoms with E-state index in [-0.39, 0.29) is 23.3 Å². The van der Waals surface area contributed by atoms with Gasteiger partial charge in [-0.2, -0.15) is 0 Å². The molecule has 0 saturated heterocycles. The summed E-state index contributed by atoms with van der Waals surface area (Å²) in [6.07, 6.45) is 0.121. The highest BCUT2D eigenvalue weighted by atomic mass is 16.3. The van der Waals surface area contributed by atoms with Crippen LogP contribution in [-0.4, -0.2) is 20.4 Å². The second-order valence-corrected chi connectivity index (χ2v) is 5.20. The molecule has 0 bridgehead atoms. The van der Waals surface area contributed by atoms with Gasteiger partial charge in [0.05, 0.1) is 16.7 Å². The quantitative estimate of drug-likeness (QED) is 0.846. The van der Waals surface area contributed by atoms with Crippen molar-refractivity contribution in [3.63, 3.8) is 0 Å². The van der Waals surface area contributed by atoms with Gasteiger partial charge in [0, 0.05) is 18.9 Å². The molecule has 0 unspecified atom stereocenters. The Kier molecular flexibility index (Phi) is 2.91. The zero-order chi connectivity index (χ0) is 13.5. The van der Waals surface area contributed by atoms with Crippen LogP contribution >= 0.6 is 0 Å². The van der Waals surface area contributed by atoms with Crippen molar-refractivity contribution in [1.82, 2.24) is 4.57 Å². The standard InChI is InChI=1S/C14H17NO3/c1-14(2,18)8-10-12(16)9-6-4-5-7-11(9)15(3)13(10)17/h4-7,16,18H,8H2,1-3H3. The van der Waals surface area contributed by atoms with Crippen molar-refractivity contribution in [1.29, 1.82) is 0 Å². The number of aromatic hydroxyl groups is 1. The number of para-hydroxylation sites is 1. The molecule has 1 aromatic heterocycles. The molecule has 1 aromatic carbocycles. The summed E-state index contributed by atoms with van der Waals surface area (Å²) in [7, 11) is 1.66. The Bertz CT molecular complexity index is 650. The Morgan fingerprint density at radius 3 is 2.50 bits per heavy atom. The van der Waals surface area contributed by atoms with Gasteiger partial charge in [0.1, 0.15) is 5.75 Å². The van der Waals surface area contributed by atoms with Crippen LogP contribution in [0.1, 0.15) is 19.4 Å². The van der Waals surface area contributed by atoms with Crippen LogP contribution in [0.2, 0.25) is 0 Å². The topological polar surface area (TPSA) is 62.5 Å². The SMILES string of the molecule is Cn1c(=O)c(CC(C)(C)O)c(O)c2ccccc21. The Labute approximate surface area is 105 Å². The average Bonchev–Trinajstić information content (AvgIpc) is 2.31. The van der Waals surface area contributed by atoms with Crippen molar-refractivity contribution in [2.75, 3.05) is 0 Å². The summed E-state index contributed by atoms with van der Waals surface area (Å²) in [5.74, 6) is -0.0316. The molecule has 2 rings (SSSR count). The Hall–Kier alpha value is -1.81. The molecule has 2 aromatic rings. The number of pyridine rings is 1. The van der Waals surface area contributed by atoms with E-state index in [1.807, 2.05) is 6.07 Å². The van der Waals surface area contributed by atoms with Crippen LogP contribution in [0.4, 0.5) is 0 Å². The van der Waals surface area contributed by atoms with E-state index >= 15 is 0 Å². The average molecular weight is 247 g/mol. The van der Waals surface area contributed by atoms with E-state index in [1.54, 1.807) is 39.1 Å². The van der Waals surface area contributed by atoms with Gasteiger partial charge in [0.2, 0.25) is 0 Å². The van der Waals surface area contributed by atoms with Crippen molar-refractivity contribution < 1.29 is 10.2 Å². The van der Waals surface area contributed by atoms with Gasteiger partial charge < -0.3 is 14.8 Å². The summed E-state index contributed by atoms with van der Waals surface area (Å²) in [5, 5.41) is 20.6. The largest absolute Gasteiger partial charge is 0.507 e. The minimum Gasteiger partial charge on any atom is -0.507 e. The lowest BCUT2D eigenvalue weighted by Crippen LogP contribution is -2.29. The summed E-state index contributed by atoms with van der Waals surface area (Å²) in [5.41, 5.74) is -0.372. The predicted octanol–water partition coefficient (Wildman–Crippen LogP) is 1.56. The van der Waals surface area contributed by atoms with Crippen molar-refractivity contribution >= 4 is 10.9 Å². The molecule has 0 aliphatic carbocycles. The van der Waals surface area contributed by atoms with Crippen LogP contribution in [0.5, 0.6) is 5.75 Å². The molecule has 1 heterocycles. The first-order valence-electron chi connectivity index (χ1n) is 5.83. The van der Waals surface area contributed by atoms with Crippen molar-refractivity contribution in [3.05, 3.63) is 40.2 Å². The zero-order valence-electron chi connectivity index (χ0n) is 10.8. The molecule has 0 saturated carbocycles. The van der Waals surface area contributed by atoms with Gasteiger partial charge in [0.25, 0.3) is 5.56 Å². The maximum absolute atomic E-state index is 12.2. The third-order valence-electron chi connectivity index (χ3n) is 2.98. The maximum atomic E-state index is 12.2. The minimum absolute atomic E-state index is 0.0316. The fourth-order valence-corrected chi connectivity index (χ4v) is 2.13. The highest BCUT2D eigenvalue weighted by Crippen LogP contribution is 2.27. The van der Waals surface area contributed by atoms with Crippen LogP contribution in [0.15, 0.2) is 29.1 Å². The number of rotatable bonds is 2. The van der Waals surface area contributed by atoms with E-state index in [1.165, 1.54) is 4.57 Å². The van der Waals surface area contributed by atoms with Crippen LogP contribution in [-0.2, 0) is 13.5 Å². The maximum Gasteiger partial charge on any atom is 0.257 e. The van der Waals surface area contributed by atoms with Crippen molar-refractivity contribution in [3.8, 4) is 5.75 Å². The summed E-state index contributed by atoms with van der Waals surface area (Å²) >= 11 is 0. The number of fused-ring (bicyclic) bond motifs is 1. The third-order valence-corrected chi connectivity index (χ3v) is 2.98. The molecule has 18 heavy (non-hydrogen) atoms. The number of hydrogen-bond acceptors (Lipinski definition) is 3. The molecule has 0 fully saturated rings. The normalized spacial score (nSPS) is 12.0. The first kappa shape index (κ1) is 12.6. The Morgan fingerprint density at radius 2 is 1.89 bits per heavy atom. The Balaban J connectivity index is 2.79. The molecular weight excluding hydrogens is 230 g/mol. The van der Waals surface area contributed by atoms with Gasteiger partial charge in [-0.05, 0) is 26.0 Å².